The van der Waals surface area contributed by atoms with Crippen LogP contribution in [0.4, 0.5) is 4.39 Å². The Labute approximate surface area is 136 Å². The van der Waals surface area contributed by atoms with Gasteiger partial charge in [0.2, 0.25) is 15.9 Å². The molecule has 5 nitrogen and oxygen atoms in total. The van der Waals surface area contributed by atoms with Gasteiger partial charge in [-0.15, -0.1) is 0 Å². The molecule has 2 atom stereocenters. The molecule has 0 spiro atoms. The summed E-state index contributed by atoms with van der Waals surface area (Å²) < 4.78 is 38.3. The summed E-state index contributed by atoms with van der Waals surface area (Å²) in [5.74, 6) is -0.509. The fourth-order valence-corrected chi connectivity index (χ4v) is 3.87. The smallest absolute Gasteiger partial charge is 0.238 e. The van der Waals surface area contributed by atoms with Crippen LogP contribution in [0, 0.1) is 11.7 Å². The number of sulfonamides is 1. The highest BCUT2D eigenvalue weighted by Gasteiger charge is 2.29. The van der Waals surface area contributed by atoms with Gasteiger partial charge in [0.25, 0.3) is 0 Å². The largest absolute Gasteiger partial charge is 0.348 e. The van der Waals surface area contributed by atoms with Gasteiger partial charge in [0, 0.05) is 0 Å². The van der Waals surface area contributed by atoms with Crippen LogP contribution in [0.3, 0.4) is 0 Å². The molecule has 1 aromatic rings. The summed E-state index contributed by atoms with van der Waals surface area (Å²) in [6.07, 6.45) is 5.12. The molecule has 2 rings (SSSR count). The van der Waals surface area contributed by atoms with Crippen molar-refractivity contribution in [3.8, 4) is 0 Å². The van der Waals surface area contributed by atoms with Gasteiger partial charge in [0.1, 0.15) is 5.82 Å². The summed E-state index contributed by atoms with van der Waals surface area (Å²) in [5.41, 5.74) is 0.719. The van der Waals surface area contributed by atoms with Crippen LogP contribution >= 0.6 is 0 Å². The van der Waals surface area contributed by atoms with Gasteiger partial charge in [-0.05, 0) is 43.4 Å². The van der Waals surface area contributed by atoms with E-state index in [9.17, 15) is 17.6 Å². The van der Waals surface area contributed by atoms with Crippen LogP contribution in [-0.4, -0.2) is 26.6 Å². The molecular formula is C16H23FN2O3S. The maximum absolute atomic E-state index is 13.5. The highest BCUT2D eigenvalue weighted by molar-refractivity contribution is 7.88. The van der Waals surface area contributed by atoms with Gasteiger partial charge < -0.3 is 5.32 Å². The average molecular weight is 342 g/mol. The van der Waals surface area contributed by atoms with Gasteiger partial charge in [-0.2, -0.15) is 0 Å². The lowest BCUT2D eigenvalue weighted by Crippen LogP contribution is -2.46. The fourth-order valence-electron chi connectivity index (χ4n) is 3.12. The molecule has 7 heteroatoms. The van der Waals surface area contributed by atoms with Crippen molar-refractivity contribution in [3.05, 3.63) is 35.6 Å². The normalized spacial score (nSPS) is 18.6. The van der Waals surface area contributed by atoms with Gasteiger partial charge in [-0.3, -0.25) is 4.79 Å². The first-order valence-electron chi connectivity index (χ1n) is 7.79. The summed E-state index contributed by atoms with van der Waals surface area (Å²) in [7, 11) is -3.47. The second-order valence-corrected chi connectivity index (χ2v) is 7.98. The Morgan fingerprint density at radius 2 is 1.96 bits per heavy atom. The Hall–Kier alpha value is -1.47. The van der Waals surface area contributed by atoms with Crippen molar-refractivity contribution in [1.29, 1.82) is 0 Å². The van der Waals surface area contributed by atoms with E-state index in [1.807, 2.05) is 0 Å². The molecule has 0 radical (unpaired) electrons. The zero-order valence-electron chi connectivity index (χ0n) is 13.4. The second-order valence-electron chi connectivity index (χ2n) is 6.20. The molecule has 1 amide bonds. The molecule has 0 unspecified atom stereocenters. The number of benzene rings is 1. The van der Waals surface area contributed by atoms with Crippen LogP contribution < -0.4 is 10.0 Å². The van der Waals surface area contributed by atoms with Crippen LogP contribution in [0.5, 0.6) is 0 Å². The number of carbonyl (C=O) groups excluding carboxylic acids is 1. The highest BCUT2D eigenvalue weighted by Crippen LogP contribution is 2.35. The molecule has 0 aliphatic heterocycles. The molecule has 1 saturated carbocycles. The molecule has 1 aliphatic carbocycles. The van der Waals surface area contributed by atoms with Crippen LogP contribution in [-0.2, 0) is 14.8 Å². The van der Waals surface area contributed by atoms with E-state index in [4.69, 9.17) is 0 Å². The van der Waals surface area contributed by atoms with E-state index >= 15 is 0 Å². The lowest BCUT2D eigenvalue weighted by Gasteiger charge is -2.27. The predicted octanol–water partition coefficient (Wildman–Crippen LogP) is 2.11. The summed E-state index contributed by atoms with van der Waals surface area (Å²) in [4.78, 5) is 12.3. The van der Waals surface area contributed by atoms with E-state index in [1.165, 1.54) is 19.1 Å². The molecule has 0 aromatic heterocycles. The van der Waals surface area contributed by atoms with Crippen molar-refractivity contribution in [1.82, 2.24) is 10.0 Å². The molecule has 1 aliphatic rings. The lowest BCUT2D eigenvalue weighted by atomic mass is 9.91. The molecule has 2 N–H and O–H groups in total. The third kappa shape index (κ3) is 5.28. The quantitative estimate of drug-likeness (QED) is 0.831. The van der Waals surface area contributed by atoms with Crippen molar-refractivity contribution in [2.45, 2.75) is 44.7 Å². The minimum absolute atomic E-state index is 0.242. The van der Waals surface area contributed by atoms with Crippen molar-refractivity contribution >= 4 is 15.9 Å². The number of halogens is 1. The Bertz CT molecular complexity index is 657. The van der Waals surface area contributed by atoms with Crippen LogP contribution in [0.15, 0.2) is 24.3 Å². The predicted molar refractivity (Wildman–Crippen MR) is 86.7 cm³/mol. The maximum Gasteiger partial charge on any atom is 0.238 e. The number of hydrogen-bond donors (Lipinski definition) is 2. The standard InChI is InChI=1S/C16H23FN2O3S/c1-11(19-23(2,21)22)16(20)18-15(12-6-3-4-7-12)13-8-5-9-14(17)10-13/h5,8-12,15,19H,3-4,6-7H2,1-2H3,(H,18,20)/t11-,15+/m0/s1. The first-order valence-corrected chi connectivity index (χ1v) is 9.68. The zero-order valence-corrected chi connectivity index (χ0v) is 14.2. The van der Waals surface area contributed by atoms with Crippen molar-refractivity contribution in [2.75, 3.05) is 6.26 Å². The van der Waals surface area contributed by atoms with E-state index < -0.39 is 22.0 Å². The average Bonchev–Trinajstić information content (AvgIpc) is 2.96. The van der Waals surface area contributed by atoms with Gasteiger partial charge in [0.15, 0.2) is 0 Å². The van der Waals surface area contributed by atoms with Crippen LogP contribution in [0.25, 0.3) is 0 Å². The minimum Gasteiger partial charge on any atom is -0.348 e. The number of rotatable bonds is 6. The molecule has 0 saturated heterocycles. The number of nitrogens with one attached hydrogen (secondary N) is 2. The first kappa shape index (κ1) is 17.9. The monoisotopic (exact) mass is 342 g/mol. The third-order valence-corrected chi connectivity index (χ3v) is 4.94. The van der Waals surface area contributed by atoms with Crippen molar-refractivity contribution < 1.29 is 17.6 Å². The molecule has 1 aromatic carbocycles. The Morgan fingerprint density at radius 1 is 1.30 bits per heavy atom. The summed E-state index contributed by atoms with van der Waals surface area (Å²) in [6.45, 7) is 1.49. The summed E-state index contributed by atoms with van der Waals surface area (Å²) in [6, 6.07) is 5.03. The van der Waals surface area contributed by atoms with Gasteiger partial charge >= 0.3 is 0 Å². The van der Waals surface area contributed by atoms with E-state index in [2.05, 4.69) is 10.0 Å². The highest BCUT2D eigenvalue weighted by atomic mass is 32.2. The second kappa shape index (κ2) is 7.40. The van der Waals surface area contributed by atoms with E-state index in [-0.39, 0.29) is 17.8 Å². The van der Waals surface area contributed by atoms with Gasteiger partial charge in [-0.1, -0.05) is 25.0 Å². The SMILES string of the molecule is C[C@H](NS(C)(=O)=O)C(=O)N[C@@H](c1cccc(F)c1)C1CCCC1. The summed E-state index contributed by atoms with van der Waals surface area (Å²) >= 11 is 0. The lowest BCUT2D eigenvalue weighted by molar-refractivity contribution is -0.123. The molecule has 0 bridgehead atoms. The molecular weight excluding hydrogens is 319 g/mol. The minimum atomic E-state index is -3.47. The third-order valence-electron chi connectivity index (χ3n) is 4.16. The molecule has 0 heterocycles. The van der Waals surface area contributed by atoms with Crippen LogP contribution in [0.1, 0.15) is 44.2 Å². The number of carbonyl (C=O) groups is 1. The molecule has 128 valence electrons. The van der Waals surface area contributed by atoms with Crippen molar-refractivity contribution in [3.63, 3.8) is 0 Å². The van der Waals surface area contributed by atoms with Gasteiger partial charge in [-0.25, -0.2) is 17.5 Å². The number of amides is 1. The molecule has 23 heavy (non-hydrogen) atoms. The van der Waals surface area contributed by atoms with Gasteiger partial charge in [0.05, 0.1) is 18.3 Å². The Balaban J connectivity index is 2.16. The Morgan fingerprint density at radius 3 is 2.52 bits per heavy atom. The van der Waals surface area contributed by atoms with E-state index in [0.717, 1.165) is 37.5 Å². The van der Waals surface area contributed by atoms with Crippen LogP contribution in [0.2, 0.25) is 0 Å². The topological polar surface area (TPSA) is 75.3 Å². The molecule has 1 fully saturated rings. The number of hydrogen-bond acceptors (Lipinski definition) is 3. The van der Waals surface area contributed by atoms with Crippen molar-refractivity contribution in [2.24, 2.45) is 5.92 Å². The maximum atomic E-state index is 13.5. The first-order chi connectivity index (χ1) is 10.8. The zero-order chi connectivity index (χ0) is 17.0. The fraction of sp³-hybridized carbons (Fsp3) is 0.562. The van der Waals surface area contributed by atoms with E-state index in [0.29, 0.717) is 0 Å². The van der Waals surface area contributed by atoms with E-state index in [1.54, 1.807) is 12.1 Å². The summed E-state index contributed by atoms with van der Waals surface area (Å²) in [5, 5.41) is 2.89. The Kier molecular flexibility index (Phi) is 5.75.